The van der Waals surface area contributed by atoms with E-state index in [-0.39, 0.29) is 17.2 Å². The standard InChI is InChI=1S/C16H28N2O2/c1-11(15(2,3)4)10-18-9-8-13(19)17-16(5,14(18)20)12-6-7-12/h11-12H,6-10H2,1-5H3,(H,17,19). The van der Waals surface area contributed by atoms with Crippen LogP contribution in [0, 0.1) is 17.3 Å². The van der Waals surface area contributed by atoms with Gasteiger partial charge in [-0.15, -0.1) is 0 Å². The molecule has 1 aliphatic carbocycles. The number of carbonyl (C=O) groups is 2. The van der Waals surface area contributed by atoms with Crippen LogP contribution in [0.2, 0.25) is 0 Å². The quantitative estimate of drug-likeness (QED) is 0.861. The third-order valence-electron chi connectivity index (χ3n) is 5.11. The van der Waals surface area contributed by atoms with Crippen molar-refractivity contribution < 1.29 is 9.59 Å². The van der Waals surface area contributed by atoms with E-state index in [1.165, 1.54) is 0 Å². The fourth-order valence-electron chi connectivity index (χ4n) is 2.79. The SMILES string of the molecule is CC(CN1CCC(=O)NC(C)(C2CC2)C1=O)C(C)(C)C. The zero-order valence-electron chi connectivity index (χ0n) is 13.5. The average molecular weight is 280 g/mol. The van der Waals surface area contributed by atoms with Crippen LogP contribution in [0.4, 0.5) is 0 Å². The predicted octanol–water partition coefficient (Wildman–Crippen LogP) is 2.19. The molecule has 4 nitrogen and oxygen atoms in total. The number of hydrogen-bond acceptors (Lipinski definition) is 2. The molecule has 2 fully saturated rings. The number of nitrogens with zero attached hydrogens (tertiary/aromatic N) is 1. The molecule has 0 radical (unpaired) electrons. The Morgan fingerprint density at radius 2 is 1.95 bits per heavy atom. The predicted molar refractivity (Wildman–Crippen MR) is 79.1 cm³/mol. The van der Waals surface area contributed by atoms with Gasteiger partial charge in [0.05, 0.1) is 0 Å². The van der Waals surface area contributed by atoms with E-state index in [2.05, 4.69) is 33.0 Å². The van der Waals surface area contributed by atoms with Gasteiger partial charge in [0.15, 0.2) is 0 Å². The molecule has 2 rings (SSSR count). The van der Waals surface area contributed by atoms with Crippen molar-refractivity contribution in [3.63, 3.8) is 0 Å². The highest BCUT2D eigenvalue weighted by atomic mass is 16.2. The number of hydrogen-bond donors (Lipinski definition) is 1. The molecular weight excluding hydrogens is 252 g/mol. The molecule has 0 spiro atoms. The second-order valence-electron chi connectivity index (χ2n) is 7.79. The highest BCUT2D eigenvalue weighted by Gasteiger charge is 2.51. The molecule has 1 N–H and O–H groups in total. The summed E-state index contributed by atoms with van der Waals surface area (Å²) in [5.74, 6) is 0.855. The van der Waals surface area contributed by atoms with Crippen molar-refractivity contribution in [2.75, 3.05) is 13.1 Å². The van der Waals surface area contributed by atoms with Gasteiger partial charge in [0.2, 0.25) is 11.8 Å². The molecule has 0 aromatic carbocycles. The summed E-state index contributed by atoms with van der Waals surface area (Å²) < 4.78 is 0. The molecule has 0 bridgehead atoms. The van der Waals surface area contributed by atoms with Crippen LogP contribution in [0.25, 0.3) is 0 Å². The van der Waals surface area contributed by atoms with Crippen LogP contribution in [-0.2, 0) is 9.59 Å². The molecule has 2 aliphatic rings. The first-order valence-electron chi connectivity index (χ1n) is 7.75. The summed E-state index contributed by atoms with van der Waals surface area (Å²) in [5.41, 5.74) is -0.509. The first kappa shape index (κ1) is 15.3. The maximum absolute atomic E-state index is 12.9. The Morgan fingerprint density at radius 3 is 2.45 bits per heavy atom. The van der Waals surface area contributed by atoms with Gasteiger partial charge in [0.25, 0.3) is 0 Å². The Morgan fingerprint density at radius 1 is 1.35 bits per heavy atom. The number of rotatable bonds is 3. The highest BCUT2D eigenvalue weighted by molar-refractivity contribution is 5.93. The van der Waals surface area contributed by atoms with Crippen LogP contribution in [0.1, 0.15) is 53.9 Å². The number of nitrogens with one attached hydrogen (secondary N) is 1. The van der Waals surface area contributed by atoms with Crippen molar-refractivity contribution in [2.24, 2.45) is 17.3 Å². The van der Waals surface area contributed by atoms with Crippen molar-refractivity contribution >= 4 is 11.8 Å². The Hall–Kier alpha value is -1.06. The van der Waals surface area contributed by atoms with Gasteiger partial charge < -0.3 is 10.2 Å². The van der Waals surface area contributed by atoms with E-state index in [1.807, 2.05) is 11.8 Å². The monoisotopic (exact) mass is 280 g/mol. The Balaban J connectivity index is 2.16. The van der Waals surface area contributed by atoms with Crippen molar-refractivity contribution in [3.05, 3.63) is 0 Å². The molecule has 114 valence electrons. The van der Waals surface area contributed by atoms with Crippen LogP contribution in [0.15, 0.2) is 0 Å². The van der Waals surface area contributed by atoms with Gasteiger partial charge in [-0.2, -0.15) is 0 Å². The maximum atomic E-state index is 12.9. The lowest BCUT2D eigenvalue weighted by Crippen LogP contribution is -2.57. The molecule has 4 heteroatoms. The minimum atomic E-state index is -0.675. The van der Waals surface area contributed by atoms with Crippen LogP contribution in [0.5, 0.6) is 0 Å². The smallest absolute Gasteiger partial charge is 0.248 e. The van der Waals surface area contributed by atoms with E-state index in [0.29, 0.717) is 24.8 Å². The molecule has 2 amide bonds. The summed E-state index contributed by atoms with van der Waals surface area (Å²) in [7, 11) is 0. The second-order valence-corrected chi connectivity index (χ2v) is 7.79. The molecule has 1 heterocycles. The van der Waals surface area contributed by atoms with E-state index in [0.717, 1.165) is 19.4 Å². The zero-order valence-corrected chi connectivity index (χ0v) is 13.5. The van der Waals surface area contributed by atoms with E-state index >= 15 is 0 Å². The maximum Gasteiger partial charge on any atom is 0.248 e. The van der Waals surface area contributed by atoms with Gasteiger partial charge in [-0.1, -0.05) is 27.7 Å². The molecule has 2 unspecified atom stereocenters. The molecule has 1 saturated heterocycles. The minimum Gasteiger partial charge on any atom is -0.342 e. The van der Waals surface area contributed by atoms with Crippen molar-refractivity contribution in [3.8, 4) is 0 Å². The fraction of sp³-hybridized carbons (Fsp3) is 0.875. The molecule has 0 aromatic rings. The first-order chi connectivity index (χ1) is 9.14. The summed E-state index contributed by atoms with van der Waals surface area (Å²) >= 11 is 0. The van der Waals surface area contributed by atoms with Gasteiger partial charge in [-0.05, 0) is 37.0 Å². The van der Waals surface area contributed by atoms with Crippen molar-refractivity contribution in [1.29, 1.82) is 0 Å². The normalized spacial score (nSPS) is 29.9. The summed E-state index contributed by atoms with van der Waals surface area (Å²) in [6.45, 7) is 12.0. The minimum absolute atomic E-state index is 0.0126. The van der Waals surface area contributed by atoms with Crippen LogP contribution in [0.3, 0.4) is 0 Å². The highest BCUT2D eigenvalue weighted by Crippen LogP contribution is 2.41. The van der Waals surface area contributed by atoms with Crippen LogP contribution in [-0.4, -0.2) is 35.3 Å². The van der Waals surface area contributed by atoms with Crippen LogP contribution < -0.4 is 5.32 Å². The molecule has 20 heavy (non-hydrogen) atoms. The molecule has 2 atom stereocenters. The first-order valence-corrected chi connectivity index (χ1v) is 7.75. The fourth-order valence-corrected chi connectivity index (χ4v) is 2.79. The van der Waals surface area contributed by atoms with Crippen LogP contribution >= 0.6 is 0 Å². The molecule has 1 saturated carbocycles. The summed E-state index contributed by atoms with van der Waals surface area (Å²) in [6.07, 6.45) is 2.52. The summed E-state index contributed by atoms with van der Waals surface area (Å²) in [4.78, 5) is 26.7. The second kappa shape index (κ2) is 5.05. The van der Waals surface area contributed by atoms with Gasteiger partial charge in [-0.3, -0.25) is 9.59 Å². The topological polar surface area (TPSA) is 49.4 Å². The van der Waals surface area contributed by atoms with E-state index in [9.17, 15) is 9.59 Å². The Bertz CT molecular complexity index is 409. The lowest BCUT2D eigenvalue weighted by molar-refractivity contribution is -0.140. The molecule has 1 aliphatic heterocycles. The summed E-state index contributed by atoms with van der Waals surface area (Å²) in [5, 5.41) is 2.98. The lowest BCUT2D eigenvalue weighted by atomic mass is 9.81. The molecular formula is C16H28N2O2. The molecule has 0 aromatic heterocycles. The zero-order chi connectivity index (χ0) is 15.1. The largest absolute Gasteiger partial charge is 0.342 e. The van der Waals surface area contributed by atoms with E-state index < -0.39 is 5.54 Å². The summed E-state index contributed by atoms with van der Waals surface area (Å²) in [6, 6.07) is 0. The number of carbonyl (C=O) groups excluding carboxylic acids is 2. The lowest BCUT2D eigenvalue weighted by Gasteiger charge is -2.36. The van der Waals surface area contributed by atoms with E-state index in [1.54, 1.807) is 0 Å². The van der Waals surface area contributed by atoms with Gasteiger partial charge in [-0.25, -0.2) is 0 Å². The van der Waals surface area contributed by atoms with Crippen molar-refractivity contribution in [2.45, 2.75) is 59.4 Å². The van der Waals surface area contributed by atoms with Gasteiger partial charge >= 0.3 is 0 Å². The van der Waals surface area contributed by atoms with Crippen molar-refractivity contribution in [1.82, 2.24) is 10.2 Å². The third kappa shape index (κ3) is 2.99. The van der Waals surface area contributed by atoms with Gasteiger partial charge in [0, 0.05) is 19.5 Å². The average Bonchev–Trinajstić information content (AvgIpc) is 3.15. The van der Waals surface area contributed by atoms with E-state index in [4.69, 9.17) is 0 Å². The van der Waals surface area contributed by atoms with Gasteiger partial charge in [0.1, 0.15) is 5.54 Å². The Labute approximate surface area is 122 Å². The number of amides is 2. The Kier molecular flexibility index (Phi) is 3.87. The third-order valence-corrected chi connectivity index (χ3v) is 5.11.